The van der Waals surface area contributed by atoms with Crippen LogP contribution in [0.4, 0.5) is 0 Å². The first-order valence-corrected chi connectivity index (χ1v) is 5.67. The van der Waals surface area contributed by atoms with E-state index in [2.05, 4.69) is 4.74 Å². The number of methoxy groups -OCH3 is 1. The lowest BCUT2D eigenvalue weighted by Gasteiger charge is -2.23. The number of likely N-dealkylation sites (N-methyl/N-ethyl adjacent to an activating group) is 1. The zero-order chi connectivity index (χ0) is 12.6. The Labute approximate surface area is 96.9 Å². The average molecular weight is 230 g/mol. The zero-order valence-corrected chi connectivity index (χ0v) is 10.4. The van der Waals surface area contributed by atoms with E-state index in [9.17, 15) is 9.59 Å². The smallest absolute Gasteiger partial charge is 0.307 e. The van der Waals surface area contributed by atoms with Crippen molar-refractivity contribution in [3.05, 3.63) is 0 Å². The molecule has 0 spiro atoms. The van der Waals surface area contributed by atoms with Crippen LogP contribution in [0.5, 0.6) is 0 Å². The summed E-state index contributed by atoms with van der Waals surface area (Å²) in [6, 6.07) is -0.456. The van der Waals surface area contributed by atoms with E-state index in [1.807, 2.05) is 13.8 Å². The van der Waals surface area contributed by atoms with Crippen molar-refractivity contribution in [2.24, 2.45) is 5.73 Å². The van der Waals surface area contributed by atoms with Gasteiger partial charge in [-0.2, -0.15) is 0 Å². The molecule has 94 valence electrons. The van der Waals surface area contributed by atoms with Gasteiger partial charge in [-0.05, 0) is 13.3 Å². The second-order valence-corrected chi connectivity index (χ2v) is 3.64. The maximum Gasteiger partial charge on any atom is 0.307 e. The number of ether oxygens (including phenoxy) is 1. The first-order chi connectivity index (χ1) is 7.56. The molecular formula is C11H22N2O3. The first kappa shape index (κ1) is 14.9. The second-order valence-electron chi connectivity index (χ2n) is 3.64. The minimum absolute atomic E-state index is 0.0896. The van der Waals surface area contributed by atoms with Gasteiger partial charge in [0.1, 0.15) is 0 Å². The molecule has 0 heterocycles. The molecule has 5 nitrogen and oxygen atoms in total. The molecule has 0 radical (unpaired) electrons. The van der Waals surface area contributed by atoms with E-state index in [4.69, 9.17) is 5.73 Å². The van der Waals surface area contributed by atoms with Crippen LogP contribution in [-0.4, -0.2) is 43.0 Å². The van der Waals surface area contributed by atoms with Crippen molar-refractivity contribution in [1.29, 1.82) is 0 Å². The van der Waals surface area contributed by atoms with Crippen LogP contribution in [0.25, 0.3) is 0 Å². The Balaban J connectivity index is 4.16. The van der Waals surface area contributed by atoms with Gasteiger partial charge in [-0.15, -0.1) is 0 Å². The topological polar surface area (TPSA) is 72.6 Å². The highest BCUT2D eigenvalue weighted by Gasteiger charge is 2.19. The third kappa shape index (κ3) is 5.11. The number of nitrogens with two attached hydrogens (primary N) is 1. The summed E-state index contributed by atoms with van der Waals surface area (Å²) in [6.45, 7) is 4.79. The summed E-state index contributed by atoms with van der Waals surface area (Å²) in [7, 11) is 1.34. The van der Waals surface area contributed by atoms with E-state index < -0.39 is 6.04 Å². The van der Waals surface area contributed by atoms with Crippen LogP contribution in [0.2, 0.25) is 0 Å². The molecule has 1 atom stereocenters. The Hall–Kier alpha value is -1.10. The fourth-order valence-corrected chi connectivity index (χ4v) is 1.42. The molecule has 0 saturated carbocycles. The van der Waals surface area contributed by atoms with Gasteiger partial charge in [0.05, 0.1) is 19.6 Å². The summed E-state index contributed by atoms with van der Waals surface area (Å²) in [5.41, 5.74) is 5.74. The quantitative estimate of drug-likeness (QED) is 0.647. The molecule has 0 rings (SSSR count). The van der Waals surface area contributed by atoms with Crippen molar-refractivity contribution in [2.45, 2.75) is 39.2 Å². The predicted octanol–water partition coefficient (Wildman–Crippen LogP) is 0.525. The molecule has 1 amide bonds. The number of carbonyl (C=O) groups is 2. The van der Waals surface area contributed by atoms with E-state index in [-0.39, 0.29) is 18.3 Å². The Morgan fingerprint density at radius 1 is 1.38 bits per heavy atom. The van der Waals surface area contributed by atoms with Crippen LogP contribution in [0.1, 0.15) is 33.1 Å². The SMILES string of the molecule is CCCC(N)C(=O)N(CC)CCC(=O)OC. The second kappa shape index (κ2) is 8.10. The van der Waals surface area contributed by atoms with Crippen molar-refractivity contribution in [1.82, 2.24) is 4.90 Å². The van der Waals surface area contributed by atoms with E-state index in [0.29, 0.717) is 19.5 Å². The molecule has 0 saturated heterocycles. The third-order valence-electron chi connectivity index (χ3n) is 2.42. The molecular weight excluding hydrogens is 208 g/mol. The fraction of sp³-hybridized carbons (Fsp3) is 0.818. The zero-order valence-electron chi connectivity index (χ0n) is 10.4. The van der Waals surface area contributed by atoms with Gasteiger partial charge in [0.2, 0.25) is 5.91 Å². The van der Waals surface area contributed by atoms with Gasteiger partial charge in [-0.3, -0.25) is 9.59 Å². The minimum atomic E-state index is -0.456. The molecule has 2 N–H and O–H groups in total. The summed E-state index contributed by atoms with van der Waals surface area (Å²) in [5, 5.41) is 0. The molecule has 0 fully saturated rings. The number of rotatable bonds is 7. The average Bonchev–Trinajstić information content (AvgIpc) is 2.29. The van der Waals surface area contributed by atoms with Gasteiger partial charge >= 0.3 is 5.97 Å². The van der Waals surface area contributed by atoms with E-state index in [1.165, 1.54) is 7.11 Å². The highest BCUT2D eigenvalue weighted by molar-refractivity contribution is 5.82. The summed E-state index contributed by atoms with van der Waals surface area (Å²) < 4.78 is 4.52. The summed E-state index contributed by atoms with van der Waals surface area (Å²) in [6.07, 6.45) is 1.77. The lowest BCUT2D eigenvalue weighted by Crippen LogP contribution is -2.44. The van der Waals surface area contributed by atoms with Crippen molar-refractivity contribution in [2.75, 3.05) is 20.2 Å². The van der Waals surface area contributed by atoms with Crippen molar-refractivity contribution in [3.63, 3.8) is 0 Å². The summed E-state index contributed by atoms with van der Waals surface area (Å²) in [5.74, 6) is -0.399. The van der Waals surface area contributed by atoms with Crippen LogP contribution < -0.4 is 5.73 Å². The predicted molar refractivity (Wildman–Crippen MR) is 61.8 cm³/mol. The Kier molecular flexibility index (Phi) is 7.54. The normalized spacial score (nSPS) is 12.0. The van der Waals surface area contributed by atoms with Crippen LogP contribution >= 0.6 is 0 Å². The number of hydrogen-bond acceptors (Lipinski definition) is 4. The van der Waals surface area contributed by atoms with Crippen LogP contribution in [0, 0.1) is 0 Å². The minimum Gasteiger partial charge on any atom is -0.469 e. The largest absolute Gasteiger partial charge is 0.469 e. The van der Waals surface area contributed by atoms with Crippen molar-refractivity contribution >= 4 is 11.9 Å². The molecule has 16 heavy (non-hydrogen) atoms. The molecule has 0 bridgehead atoms. The number of nitrogens with zero attached hydrogens (tertiary/aromatic N) is 1. The molecule has 1 unspecified atom stereocenters. The number of carbonyl (C=O) groups excluding carboxylic acids is 2. The summed E-state index contributed by atoms with van der Waals surface area (Å²) in [4.78, 5) is 24.4. The molecule has 0 aromatic heterocycles. The lowest BCUT2D eigenvalue weighted by molar-refractivity contribution is -0.141. The Morgan fingerprint density at radius 2 is 2.00 bits per heavy atom. The monoisotopic (exact) mass is 230 g/mol. The maximum atomic E-state index is 11.8. The molecule has 0 aromatic carbocycles. The number of hydrogen-bond donors (Lipinski definition) is 1. The van der Waals surface area contributed by atoms with Gasteiger partial charge in [0, 0.05) is 13.1 Å². The molecule has 0 aliphatic carbocycles. The van der Waals surface area contributed by atoms with Gasteiger partial charge < -0.3 is 15.4 Å². The van der Waals surface area contributed by atoms with Crippen LogP contribution in [-0.2, 0) is 14.3 Å². The Bertz CT molecular complexity index is 231. The molecule has 5 heteroatoms. The number of amides is 1. The first-order valence-electron chi connectivity index (χ1n) is 5.67. The molecule has 0 aliphatic heterocycles. The van der Waals surface area contributed by atoms with Crippen molar-refractivity contribution in [3.8, 4) is 0 Å². The van der Waals surface area contributed by atoms with E-state index >= 15 is 0 Å². The highest BCUT2D eigenvalue weighted by Crippen LogP contribution is 2.01. The molecule has 0 aromatic rings. The maximum absolute atomic E-state index is 11.8. The molecule has 0 aliphatic rings. The van der Waals surface area contributed by atoms with Gasteiger partial charge in [0.25, 0.3) is 0 Å². The lowest BCUT2D eigenvalue weighted by atomic mass is 10.1. The van der Waals surface area contributed by atoms with E-state index in [1.54, 1.807) is 4.90 Å². The van der Waals surface area contributed by atoms with Gasteiger partial charge in [0.15, 0.2) is 0 Å². The summed E-state index contributed by atoms with van der Waals surface area (Å²) >= 11 is 0. The standard InChI is InChI=1S/C11H22N2O3/c1-4-6-9(12)11(15)13(5-2)8-7-10(14)16-3/h9H,4-8,12H2,1-3H3. The number of esters is 1. The van der Waals surface area contributed by atoms with Crippen molar-refractivity contribution < 1.29 is 14.3 Å². The fourth-order valence-electron chi connectivity index (χ4n) is 1.42. The van der Waals surface area contributed by atoms with E-state index in [0.717, 1.165) is 6.42 Å². The highest BCUT2D eigenvalue weighted by atomic mass is 16.5. The third-order valence-corrected chi connectivity index (χ3v) is 2.42. The van der Waals surface area contributed by atoms with Gasteiger partial charge in [-0.25, -0.2) is 0 Å². The van der Waals surface area contributed by atoms with Crippen LogP contribution in [0.3, 0.4) is 0 Å². The van der Waals surface area contributed by atoms with Crippen LogP contribution in [0.15, 0.2) is 0 Å². The Morgan fingerprint density at radius 3 is 2.44 bits per heavy atom. The van der Waals surface area contributed by atoms with Gasteiger partial charge in [-0.1, -0.05) is 13.3 Å².